The van der Waals surface area contributed by atoms with Gasteiger partial charge in [-0.3, -0.25) is 19.7 Å². The highest BCUT2D eigenvalue weighted by Gasteiger charge is 2.39. The second kappa shape index (κ2) is 13.4. The van der Waals surface area contributed by atoms with E-state index in [1.165, 1.54) is 12.1 Å². The molecule has 0 radical (unpaired) electrons. The van der Waals surface area contributed by atoms with Crippen LogP contribution in [0.15, 0.2) is 127 Å². The summed E-state index contributed by atoms with van der Waals surface area (Å²) in [5.41, 5.74) is 5.30. The zero-order valence-electron chi connectivity index (χ0n) is 25.2. The van der Waals surface area contributed by atoms with Crippen LogP contribution in [0.4, 0.5) is 17.1 Å². The maximum absolute atomic E-state index is 14.2. The predicted octanol–water partition coefficient (Wildman–Crippen LogP) is 7.28. The van der Waals surface area contributed by atoms with Gasteiger partial charge in [-0.25, -0.2) is 0 Å². The summed E-state index contributed by atoms with van der Waals surface area (Å²) in [5, 5.41) is 14.5. The fraction of sp³-hybridized carbons (Fsp3) is 0.135. The van der Waals surface area contributed by atoms with E-state index in [2.05, 4.69) is 10.2 Å². The number of rotatable bonds is 10. The number of anilines is 2. The zero-order chi connectivity index (χ0) is 32.0. The van der Waals surface area contributed by atoms with Crippen LogP contribution in [-0.4, -0.2) is 28.2 Å². The van der Waals surface area contributed by atoms with Gasteiger partial charge >= 0.3 is 0 Å². The van der Waals surface area contributed by atoms with Crippen LogP contribution in [-0.2, 0) is 17.9 Å². The van der Waals surface area contributed by atoms with Gasteiger partial charge in [0.25, 0.3) is 17.5 Å². The first-order valence-corrected chi connectivity index (χ1v) is 14.9. The molecule has 1 N–H and O–H groups in total. The van der Waals surface area contributed by atoms with Gasteiger partial charge < -0.3 is 19.9 Å². The molecule has 0 fully saturated rings. The molecule has 0 spiro atoms. The largest absolute Gasteiger partial charge is 0.484 e. The molecule has 9 heteroatoms. The summed E-state index contributed by atoms with van der Waals surface area (Å²) >= 11 is 0. The van der Waals surface area contributed by atoms with Crippen LogP contribution >= 0.6 is 0 Å². The summed E-state index contributed by atoms with van der Waals surface area (Å²) < 4.78 is 5.79. The number of benzene rings is 5. The Morgan fingerprint density at radius 2 is 1.41 bits per heavy atom. The van der Waals surface area contributed by atoms with Crippen molar-refractivity contribution in [1.29, 1.82) is 0 Å². The smallest absolute Gasteiger partial charge is 0.270 e. The summed E-state index contributed by atoms with van der Waals surface area (Å²) in [6.07, 6.45) is -0.541. The molecule has 5 aromatic carbocycles. The molecule has 6 rings (SSSR count). The summed E-state index contributed by atoms with van der Waals surface area (Å²) in [6, 6.07) is 38.9. The van der Waals surface area contributed by atoms with Crippen molar-refractivity contribution >= 4 is 28.9 Å². The molecule has 1 heterocycles. The topological polar surface area (TPSA) is 105 Å². The van der Waals surface area contributed by atoms with Crippen molar-refractivity contribution in [3.05, 3.63) is 165 Å². The van der Waals surface area contributed by atoms with Crippen LogP contribution in [0, 0.1) is 17.0 Å². The molecule has 1 aliphatic heterocycles. The van der Waals surface area contributed by atoms with E-state index >= 15 is 0 Å². The Labute approximate surface area is 266 Å². The molecule has 2 amide bonds. The molecule has 0 unspecified atom stereocenters. The van der Waals surface area contributed by atoms with Crippen LogP contribution in [0.25, 0.3) is 0 Å². The van der Waals surface area contributed by atoms with Gasteiger partial charge in [0, 0.05) is 30.9 Å². The fourth-order valence-electron chi connectivity index (χ4n) is 5.59. The molecule has 230 valence electrons. The molecule has 0 bridgehead atoms. The van der Waals surface area contributed by atoms with Crippen LogP contribution in [0.1, 0.15) is 38.8 Å². The van der Waals surface area contributed by atoms with Gasteiger partial charge in [0.2, 0.25) is 0 Å². The number of nitrogens with one attached hydrogen (secondary N) is 1. The van der Waals surface area contributed by atoms with E-state index in [1.807, 2.05) is 104 Å². The number of carbonyl (C=O) groups excluding carboxylic acids is 2. The number of hydrogen-bond acceptors (Lipinski definition) is 6. The number of ether oxygens (including phenoxy) is 1. The van der Waals surface area contributed by atoms with Crippen molar-refractivity contribution in [2.75, 3.05) is 16.8 Å². The number of non-ortho nitro benzene ring substituents is 1. The van der Waals surface area contributed by atoms with E-state index in [9.17, 15) is 19.7 Å². The Hall–Kier alpha value is -5.96. The SMILES string of the molecule is Cc1ccc(NC(=O)COc2ccc([C@@H]3N(Cc4ccccc4)C(=O)c4cc([N+](=O)[O-])ccc4N3Cc3ccccc3)cc2)cc1. The lowest BCUT2D eigenvalue weighted by Gasteiger charge is -2.46. The van der Waals surface area contributed by atoms with Gasteiger partial charge in [-0.05, 0) is 53.9 Å². The zero-order valence-corrected chi connectivity index (χ0v) is 25.2. The molecule has 1 atom stereocenters. The van der Waals surface area contributed by atoms with Crippen molar-refractivity contribution in [3.63, 3.8) is 0 Å². The molecule has 1 aliphatic rings. The van der Waals surface area contributed by atoms with E-state index in [0.717, 1.165) is 22.3 Å². The van der Waals surface area contributed by atoms with Crippen molar-refractivity contribution in [1.82, 2.24) is 4.90 Å². The van der Waals surface area contributed by atoms with Crippen molar-refractivity contribution < 1.29 is 19.2 Å². The van der Waals surface area contributed by atoms with Crippen LogP contribution in [0.5, 0.6) is 5.75 Å². The number of nitrogens with zero attached hydrogens (tertiary/aromatic N) is 3. The number of hydrogen-bond donors (Lipinski definition) is 1. The molecule has 0 saturated carbocycles. The Morgan fingerprint density at radius 3 is 2.02 bits per heavy atom. The standard InChI is InChI=1S/C37H32N4O5/c1-26-12-16-30(17-13-26)38-35(42)25-46-32-19-14-29(15-20-32)36-39(23-27-8-4-2-5-9-27)34-21-18-31(41(44)45)22-33(34)37(43)40(36)24-28-10-6-3-7-11-28/h2-22,36H,23-25H2,1H3,(H,38,42)/t36-/m0/s1. The Kier molecular flexibility index (Phi) is 8.73. The van der Waals surface area contributed by atoms with Gasteiger partial charge in [0.1, 0.15) is 11.9 Å². The fourth-order valence-corrected chi connectivity index (χ4v) is 5.59. The molecular formula is C37H32N4O5. The highest BCUT2D eigenvalue weighted by atomic mass is 16.6. The highest BCUT2D eigenvalue weighted by molar-refractivity contribution is 6.02. The van der Waals surface area contributed by atoms with Gasteiger partial charge in [-0.1, -0.05) is 90.5 Å². The van der Waals surface area contributed by atoms with E-state index in [1.54, 1.807) is 23.1 Å². The summed E-state index contributed by atoms with van der Waals surface area (Å²) in [6.45, 7) is 2.55. The minimum atomic E-state index is -0.541. The quantitative estimate of drug-likeness (QED) is 0.131. The maximum Gasteiger partial charge on any atom is 0.270 e. The number of nitro groups is 1. The Balaban J connectivity index is 1.33. The van der Waals surface area contributed by atoms with Crippen molar-refractivity contribution in [2.24, 2.45) is 0 Å². The lowest BCUT2D eigenvalue weighted by molar-refractivity contribution is -0.384. The lowest BCUT2D eigenvalue weighted by Crippen LogP contribution is -2.48. The second-order valence-corrected chi connectivity index (χ2v) is 11.1. The van der Waals surface area contributed by atoms with E-state index in [0.29, 0.717) is 23.7 Å². The normalized spacial score (nSPS) is 14.0. The van der Waals surface area contributed by atoms with Crippen molar-refractivity contribution in [3.8, 4) is 5.75 Å². The number of aryl methyl sites for hydroxylation is 1. The van der Waals surface area contributed by atoms with Crippen molar-refractivity contribution in [2.45, 2.75) is 26.2 Å². The van der Waals surface area contributed by atoms with Crippen LogP contribution in [0.2, 0.25) is 0 Å². The number of nitro benzene ring substituents is 1. The molecule has 9 nitrogen and oxygen atoms in total. The average molecular weight is 613 g/mol. The Bertz CT molecular complexity index is 1850. The molecular weight excluding hydrogens is 580 g/mol. The van der Waals surface area contributed by atoms with E-state index < -0.39 is 11.1 Å². The summed E-state index contributed by atoms with van der Waals surface area (Å²) in [4.78, 5) is 41.8. The molecule has 0 aromatic heterocycles. The van der Waals surface area contributed by atoms with Gasteiger partial charge in [0.15, 0.2) is 6.61 Å². The highest BCUT2D eigenvalue weighted by Crippen LogP contribution is 2.42. The van der Waals surface area contributed by atoms with E-state index in [4.69, 9.17) is 4.74 Å². The first-order valence-electron chi connectivity index (χ1n) is 14.9. The van der Waals surface area contributed by atoms with Gasteiger partial charge in [0.05, 0.1) is 16.2 Å². The minimum Gasteiger partial charge on any atom is -0.484 e. The molecule has 46 heavy (non-hydrogen) atoms. The number of fused-ring (bicyclic) bond motifs is 1. The molecule has 0 aliphatic carbocycles. The number of carbonyl (C=O) groups is 2. The Morgan fingerprint density at radius 1 is 0.804 bits per heavy atom. The van der Waals surface area contributed by atoms with Crippen LogP contribution < -0.4 is 15.0 Å². The van der Waals surface area contributed by atoms with Gasteiger partial charge in [-0.2, -0.15) is 0 Å². The minimum absolute atomic E-state index is 0.141. The lowest BCUT2D eigenvalue weighted by atomic mass is 9.98. The average Bonchev–Trinajstić information content (AvgIpc) is 3.08. The predicted molar refractivity (Wildman–Crippen MR) is 177 cm³/mol. The second-order valence-electron chi connectivity index (χ2n) is 11.1. The van der Waals surface area contributed by atoms with E-state index in [-0.39, 0.29) is 36.2 Å². The van der Waals surface area contributed by atoms with Gasteiger partial charge in [-0.15, -0.1) is 0 Å². The third-order valence-electron chi connectivity index (χ3n) is 7.86. The first-order chi connectivity index (χ1) is 22.4. The summed E-state index contributed by atoms with van der Waals surface area (Å²) in [5.74, 6) is -0.0743. The first kappa shape index (κ1) is 30.1. The molecule has 5 aromatic rings. The monoisotopic (exact) mass is 612 g/mol. The number of amides is 2. The summed E-state index contributed by atoms with van der Waals surface area (Å²) in [7, 11) is 0. The third-order valence-corrected chi connectivity index (χ3v) is 7.86. The third kappa shape index (κ3) is 6.73. The maximum atomic E-state index is 14.2. The molecule has 0 saturated heterocycles. The van der Waals surface area contributed by atoms with Crippen LogP contribution in [0.3, 0.4) is 0 Å².